The molecule has 1 aromatic rings. The van der Waals surface area contributed by atoms with Gasteiger partial charge >= 0.3 is 0 Å². The second kappa shape index (κ2) is 4.34. The van der Waals surface area contributed by atoms with E-state index in [1.807, 2.05) is 6.20 Å². The van der Waals surface area contributed by atoms with Crippen LogP contribution in [0.15, 0.2) is 6.20 Å². The summed E-state index contributed by atoms with van der Waals surface area (Å²) in [4.78, 5) is 7.90. The molecule has 0 bridgehead atoms. The summed E-state index contributed by atoms with van der Waals surface area (Å²) in [6.07, 6.45) is 3.20. The van der Waals surface area contributed by atoms with Gasteiger partial charge in [0.2, 0.25) is 0 Å². The Bertz CT molecular complexity index is 359. The molecule has 1 aliphatic rings. The Hall–Kier alpha value is -0.610. The Labute approximate surface area is 102 Å². The van der Waals surface area contributed by atoms with Gasteiger partial charge in [0.25, 0.3) is 0 Å². The normalized spacial score (nSPS) is 25.8. The quantitative estimate of drug-likeness (QED) is 0.862. The molecule has 0 spiro atoms. The molecule has 2 rings (SSSR count). The average molecular weight is 239 g/mol. The van der Waals surface area contributed by atoms with Crippen LogP contribution in [0.2, 0.25) is 0 Å². The lowest BCUT2D eigenvalue weighted by molar-refractivity contribution is 0.0605. The smallest absolute Gasteiger partial charge is 0.180 e. The molecule has 1 atom stereocenters. The van der Waals surface area contributed by atoms with Crippen LogP contribution < -0.4 is 5.73 Å². The molecule has 4 heteroatoms. The minimum Gasteiger partial charge on any atom is -0.375 e. The summed E-state index contributed by atoms with van der Waals surface area (Å²) in [6, 6.07) is 0. The number of rotatable bonds is 2. The summed E-state index contributed by atoms with van der Waals surface area (Å²) in [6.45, 7) is 10.5. The molecule has 0 saturated carbocycles. The van der Waals surface area contributed by atoms with Crippen molar-refractivity contribution in [1.29, 1.82) is 0 Å². The predicted molar refractivity (Wildman–Crippen MR) is 69.4 cm³/mol. The van der Waals surface area contributed by atoms with Crippen LogP contribution in [0.1, 0.15) is 32.1 Å². The number of anilines is 1. The van der Waals surface area contributed by atoms with E-state index in [0.717, 1.165) is 12.5 Å². The van der Waals surface area contributed by atoms with Crippen molar-refractivity contribution in [2.75, 3.05) is 18.8 Å². The fraction of sp³-hybridized carbons (Fsp3) is 0.750. The maximum Gasteiger partial charge on any atom is 0.180 e. The zero-order valence-electron chi connectivity index (χ0n) is 10.4. The van der Waals surface area contributed by atoms with Gasteiger partial charge in [0.1, 0.15) is 0 Å². The summed E-state index contributed by atoms with van der Waals surface area (Å²) in [7, 11) is 0. The Balaban J connectivity index is 1.97. The molecule has 0 amide bonds. The van der Waals surface area contributed by atoms with Gasteiger partial charge in [-0.1, -0.05) is 20.8 Å². The van der Waals surface area contributed by atoms with E-state index in [1.165, 1.54) is 24.4 Å². The van der Waals surface area contributed by atoms with Crippen molar-refractivity contribution in [2.24, 2.45) is 11.3 Å². The second-order valence-corrected chi connectivity index (χ2v) is 6.70. The van der Waals surface area contributed by atoms with Gasteiger partial charge < -0.3 is 5.73 Å². The van der Waals surface area contributed by atoms with Gasteiger partial charge in [-0.15, -0.1) is 11.3 Å². The lowest BCUT2D eigenvalue weighted by Gasteiger charge is -2.42. The van der Waals surface area contributed by atoms with E-state index in [9.17, 15) is 0 Å². The van der Waals surface area contributed by atoms with Gasteiger partial charge in [-0.05, 0) is 24.3 Å². The Morgan fingerprint density at radius 1 is 1.62 bits per heavy atom. The maximum atomic E-state index is 5.65. The third-order valence-corrected chi connectivity index (χ3v) is 4.61. The van der Waals surface area contributed by atoms with E-state index in [2.05, 4.69) is 30.7 Å². The monoisotopic (exact) mass is 239 g/mol. The molecule has 1 aliphatic heterocycles. The number of nitrogen functional groups attached to an aromatic ring is 1. The third-order valence-electron chi connectivity index (χ3n) is 3.79. The number of hydrogen-bond donors (Lipinski definition) is 1. The first-order valence-corrected chi connectivity index (χ1v) is 6.71. The lowest BCUT2D eigenvalue weighted by Crippen LogP contribution is -2.44. The summed E-state index contributed by atoms with van der Waals surface area (Å²) in [5.74, 6) is 0.815. The number of likely N-dealkylation sites (tertiary alicyclic amines) is 1. The molecule has 1 aromatic heterocycles. The van der Waals surface area contributed by atoms with Crippen molar-refractivity contribution < 1.29 is 0 Å². The molecule has 1 saturated heterocycles. The fourth-order valence-corrected chi connectivity index (χ4v) is 3.06. The zero-order valence-corrected chi connectivity index (χ0v) is 11.2. The maximum absolute atomic E-state index is 5.65. The van der Waals surface area contributed by atoms with Crippen molar-refractivity contribution in [3.63, 3.8) is 0 Å². The standard InChI is InChI=1S/C12H21N3S/c1-9-4-5-15(8-12(9,2)3)7-10-6-14-11(13)16-10/h6,9H,4-5,7-8H2,1-3H3,(H2,13,14). The van der Waals surface area contributed by atoms with Crippen LogP contribution in [-0.4, -0.2) is 23.0 Å². The fourth-order valence-electron chi connectivity index (χ4n) is 2.33. The molecule has 1 fully saturated rings. The first-order valence-electron chi connectivity index (χ1n) is 5.90. The minimum absolute atomic E-state index is 0.425. The number of nitrogens with zero attached hydrogens (tertiary/aromatic N) is 2. The van der Waals surface area contributed by atoms with Crippen LogP contribution in [0.4, 0.5) is 5.13 Å². The van der Waals surface area contributed by atoms with Crippen LogP contribution in [0.25, 0.3) is 0 Å². The summed E-state index contributed by atoms with van der Waals surface area (Å²) >= 11 is 1.61. The van der Waals surface area contributed by atoms with E-state index in [-0.39, 0.29) is 0 Å². The first kappa shape index (κ1) is 11.9. The van der Waals surface area contributed by atoms with Crippen molar-refractivity contribution in [3.8, 4) is 0 Å². The van der Waals surface area contributed by atoms with E-state index in [1.54, 1.807) is 11.3 Å². The molecule has 3 nitrogen and oxygen atoms in total. The largest absolute Gasteiger partial charge is 0.375 e. The van der Waals surface area contributed by atoms with Crippen molar-refractivity contribution in [1.82, 2.24) is 9.88 Å². The number of aromatic nitrogens is 1. The summed E-state index contributed by atoms with van der Waals surface area (Å²) in [5, 5.41) is 0.680. The number of piperidine rings is 1. The highest BCUT2D eigenvalue weighted by molar-refractivity contribution is 7.15. The first-order chi connectivity index (χ1) is 7.47. The van der Waals surface area contributed by atoms with Crippen LogP contribution in [0.3, 0.4) is 0 Å². The van der Waals surface area contributed by atoms with Crippen LogP contribution in [0, 0.1) is 11.3 Å². The highest BCUT2D eigenvalue weighted by Crippen LogP contribution is 2.35. The molecular formula is C12H21N3S. The van der Waals surface area contributed by atoms with Gasteiger partial charge in [0.15, 0.2) is 5.13 Å². The Morgan fingerprint density at radius 3 is 2.94 bits per heavy atom. The molecule has 0 aromatic carbocycles. The third kappa shape index (κ3) is 2.55. The Kier molecular flexibility index (Phi) is 3.22. The second-order valence-electron chi connectivity index (χ2n) is 5.55. The van der Waals surface area contributed by atoms with Gasteiger partial charge in [-0.2, -0.15) is 0 Å². The molecule has 2 heterocycles. The summed E-state index contributed by atoms with van der Waals surface area (Å²) < 4.78 is 0. The predicted octanol–water partition coefficient (Wildman–Crippen LogP) is 2.59. The molecule has 2 N–H and O–H groups in total. The van der Waals surface area contributed by atoms with E-state index < -0.39 is 0 Å². The number of thiazole rings is 1. The van der Waals surface area contributed by atoms with Crippen molar-refractivity contribution in [3.05, 3.63) is 11.1 Å². The Morgan fingerprint density at radius 2 is 2.38 bits per heavy atom. The topological polar surface area (TPSA) is 42.2 Å². The molecule has 1 unspecified atom stereocenters. The van der Waals surface area contributed by atoms with Gasteiger partial charge in [0, 0.05) is 24.2 Å². The van der Waals surface area contributed by atoms with E-state index in [0.29, 0.717) is 10.5 Å². The molecule has 90 valence electrons. The van der Waals surface area contributed by atoms with E-state index in [4.69, 9.17) is 5.73 Å². The molecule has 0 aliphatic carbocycles. The molecule has 16 heavy (non-hydrogen) atoms. The number of nitrogens with two attached hydrogens (primary N) is 1. The van der Waals surface area contributed by atoms with E-state index >= 15 is 0 Å². The zero-order chi connectivity index (χ0) is 11.8. The highest BCUT2D eigenvalue weighted by atomic mass is 32.1. The minimum atomic E-state index is 0.425. The number of hydrogen-bond acceptors (Lipinski definition) is 4. The molecule has 0 radical (unpaired) electrons. The van der Waals surface area contributed by atoms with Crippen LogP contribution >= 0.6 is 11.3 Å². The molecular weight excluding hydrogens is 218 g/mol. The van der Waals surface area contributed by atoms with Crippen molar-refractivity contribution in [2.45, 2.75) is 33.7 Å². The van der Waals surface area contributed by atoms with Crippen LogP contribution in [0.5, 0.6) is 0 Å². The lowest BCUT2D eigenvalue weighted by atomic mass is 9.75. The summed E-state index contributed by atoms with van der Waals surface area (Å²) in [5.41, 5.74) is 6.07. The van der Waals surface area contributed by atoms with Gasteiger partial charge in [-0.25, -0.2) is 4.98 Å². The average Bonchev–Trinajstić information content (AvgIpc) is 2.57. The van der Waals surface area contributed by atoms with Gasteiger partial charge in [-0.3, -0.25) is 4.90 Å². The van der Waals surface area contributed by atoms with Crippen LogP contribution in [-0.2, 0) is 6.54 Å². The van der Waals surface area contributed by atoms with Crippen molar-refractivity contribution >= 4 is 16.5 Å². The highest BCUT2D eigenvalue weighted by Gasteiger charge is 2.32. The SMILES string of the molecule is CC1CCN(Cc2cnc(N)s2)CC1(C)C. The van der Waals surface area contributed by atoms with Gasteiger partial charge in [0.05, 0.1) is 0 Å².